The maximum atomic E-state index is 13.3. The highest BCUT2D eigenvalue weighted by molar-refractivity contribution is 6.31. The maximum absolute atomic E-state index is 13.3. The van der Waals surface area contributed by atoms with Gasteiger partial charge in [0.2, 0.25) is 0 Å². The van der Waals surface area contributed by atoms with Crippen LogP contribution in [0.4, 0.5) is 4.39 Å². The molecular weight excluding hydrogens is 269 g/mol. The quantitative estimate of drug-likeness (QED) is 0.861. The Hall–Kier alpha value is -1.13. The summed E-state index contributed by atoms with van der Waals surface area (Å²) in [5, 5.41) is 9.96. The number of hydrogen-bond acceptors (Lipinski definition) is 2. The molecule has 3 nitrogen and oxygen atoms in total. The lowest BCUT2D eigenvalue weighted by molar-refractivity contribution is 0.0286. The summed E-state index contributed by atoms with van der Waals surface area (Å²) in [6, 6.07) is 4.05. The predicted octanol–water partition coefficient (Wildman–Crippen LogP) is 2.61. The van der Waals surface area contributed by atoms with Gasteiger partial charge in [0.25, 0.3) is 5.91 Å². The number of amides is 1. The van der Waals surface area contributed by atoms with Gasteiger partial charge in [0.15, 0.2) is 0 Å². The fraction of sp³-hybridized carbons (Fsp3) is 0.500. The Labute approximate surface area is 116 Å². The molecule has 1 N–H and O–H groups in total. The SMILES string of the molecule is O=C(c1cc(F)cc(Cl)c1)N1C2CCC1CC(O)C2. The number of aliphatic hydroxyl groups is 1. The monoisotopic (exact) mass is 283 g/mol. The van der Waals surface area contributed by atoms with E-state index in [-0.39, 0.29) is 29.1 Å². The van der Waals surface area contributed by atoms with E-state index in [0.717, 1.165) is 12.8 Å². The number of aliphatic hydroxyl groups excluding tert-OH is 1. The Morgan fingerprint density at radius 2 is 1.89 bits per heavy atom. The zero-order valence-electron chi connectivity index (χ0n) is 10.4. The fourth-order valence-electron chi connectivity index (χ4n) is 3.31. The van der Waals surface area contributed by atoms with Crippen LogP contribution in [0.2, 0.25) is 5.02 Å². The van der Waals surface area contributed by atoms with Gasteiger partial charge in [-0.05, 0) is 43.9 Å². The fourth-order valence-corrected chi connectivity index (χ4v) is 3.53. The van der Waals surface area contributed by atoms with Crippen molar-refractivity contribution in [1.29, 1.82) is 0 Å². The van der Waals surface area contributed by atoms with E-state index in [0.29, 0.717) is 18.4 Å². The number of carbonyl (C=O) groups excluding carboxylic acids is 1. The second-order valence-electron chi connectivity index (χ2n) is 5.38. The van der Waals surface area contributed by atoms with E-state index in [1.54, 1.807) is 4.90 Å². The van der Waals surface area contributed by atoms with Crippen LogP contribution in [0.3, 0.4) is 0 Å². The van der Waals surface area contributed by atoms with E-state index in [9.17, 15) is 14.3 Å². The smallest absolute Gasteiger partial charge is 0.254 e. The van der Waals surface area contributed by atoms with Crippen LogP contribution in [0.25, 0.3) is 0 Å². The van der Waals surface area contributed by atoms with Crippen LogP contribution in [0, 0.1) is 5.82 Å². The largest absolute Gasteiger partial charge is 0.393 e. The van der Waals surface area contributed by atoms with Crippen molar-refractivity contribution < 1.29 is 14.3 Å². The molecule has 0 aliphatic carbocycles. The summed E-state index contributed by atoms with van der Waals surface area (Å²) in [4.78, 5) is 14.3. The molecule has 1 amide bonds. The lowest BCUT2D eigenvalue weighted by atomic mass is 9.98. The minimum absolute atomic E-state index is 0.0725. The van der Waals surface area contributed by atoms with Gasteiger partial charge in [-0.25, -0.2) is 4.39 Å². The zero-order chi connectivity index (χ0) is 13.6. The van der Waals surface area contributed by atoms with Gasteiger partial charge in [0.1, 0.15) is 5.82 Å². The Morgan fingerprint density at radius 3 is 2.47 bits per heavy atom. The van der Waals surface area contributed by atoms with Gasteiger partial charge >= 0.3 is 0 Å². The molecule has 0 spiro atoms. The average Bonchev–Trinajstić information content (AvgIpc) is 2.59. The Bertz CT molecular complexity index is 488. The van der Waals surface area contributed by atoms with Gasteiger partial charge in [-0.1, -0.05) is 11.6 Å². The van der Waals surface area contributed by atoms with E-state index in [1.165, 1.54) is 18.2 Å². The lowest BCUT2D eigenvalue weighted by Crippen LogP contribution is -2.48. The van der Waals surface area contributed by atoms with E-state index in [4.69, 9.17) is 11.6 Å². The molecule has 2 saturated heterocycles. The number of hydrogen-bond donors (Lipinski definition) is 1. The molecule has 2 fully saturated rings. The van der Waals surface area contributed by atoms with E-state index in [1.807, 2.05) is 0 Å². The molecule has 0 aromatic heterocycles. The third kappa shape index (κ3) is 2.35. The number of benzene rings is 1. The highest BCUT2D eigenvalue weighted by atomic mass is 35.5. The molecule has 2 atom stereocenters. The van der Waals surface area contributed by atoms with Crippen molar-refractivity contribution in [2.75, 3.05) is 0 Å². The van der Waals surface area contributed by atoms with Crippen molar-refractivity contribution >= 4 is 17.5 Å². The number of fused-ring (bicyclic) bond motifs is 2. The first-order valence-corrected chi connectivity index (χ1v) is 6.89. The van der Waals surface area contributed by atoms with Gasteiger partial charge < -0.3 is 10.0 Å². The Kier molecular flexibility index (Phi) is 3.23. The van der Waals surface area contributed by atoms with Crippen molar-refractivity contribution in [3.8, 4) is 0 Å². The number of carbonyl (C=O) groups is 1. The van der Waals surface area contributed by atoms with E-state index >= 15 is 0 Å². The molecule has 2 bridgehead atoms. The lowest BCUT2D eigenvalue weighted by Gasteiger charge is -2.37. The molecule has 2 aliphatic heterocycles. The van der Waals surface area contributed by atoms with Gasteiger partial charge in [-0.15, -0.1) is 0 Å². The van der Waals surface area contributed by atoms with Crippen LogP contribution in [0.15, 0.2) is 18.2 Å². The first-order valence-electron chi connectivity index (χ1n) is 6.51. The molecular formula is C14H15ClFNO2. The van der Waals surface area contributed by atoms with Crippen LogP contribution >= 0.6 is 11.6 Å². The summed E-state index contributed by atoms with van der Waals surface area (Å²) < 4.78 is 13.3. The van der Waals surface area contributed by atoms with Gasteiger partial charge in [-0.3, -0.25) is 4.79 Å². The number of nitrogens with zero attached hydrogens (tertiary/aromatic N) is 1. The third-order valence-electron chi connectivity index (χ3n) is 4.05. The van der Waals surface area contributed by atoms with E-state index in [2.05, 4.69) is 0 Å². The summed E-state index contributed by atoms with van der Waals surface area (Å²) in [5.74, 6) is -0.680. The molecule has 2 aliphatic rings. The van der Waals surface area contributed by atoms with Crippen LogP contribution < -0.4 is 0 Å². The molecule has 102 valence electrons. The highest BCUT2D eigenvalue weighted by Crippen LogP contribution is 2.37. The molecule has 3 rings (SSSR count). The van der Waals surface area contributed by atoms with Crippen LogP contribution in [0.1, 0.15) is 36.0 Å². The molecule has 0 saturated carbocycles. The van der Waals surface area contributed by atoms with Crippen LogP contribution in [-0.2, 0) is 0 Å². The van der Waals surface area contributed by atoms with Crippen molar-refractivity contribution in [3.05, 3.63) is 34.6 Å². The van der Waals surface area contributed by atoms with Gasteiger partial charge in [-0.2, -0.15) is 0 Å². The molecule has 1 aromatic carbocycles. The second-order valence-corrected chi connectivity index (χ2v) is 5.82. The van der Waals surface area contributed by atoms with Gasteiger partial charge in [0, 0.05) is 22.7 Å². The van der Waals surface area contributed by atoms with Crippen LogP contribution in [0.5, 0.6) is 0 Å². The summed E-state index contributed by atoms with van der Waals surface area (Å²) in [7, 11) is 0. The maximum Gasteiger partial charge on any atom is 0.254 e. The van der Waals surface area contributed by atoms with Crippen molar-refractivity contribution in [2.24, 2.45) is 0 Å². The standard InChI is InChI=1S/C14H15ClFNO2/c15-9-3-8(4-10(16)5-9)14(19)17-11-1-2-12(17)7-13(18)6-11/h3-5,11-13,18H,1-2,6-7H2. The second kappa shape index (κ2) is 4.76. The Balaban J connectivity index is 1.88. The highest BCUT2D eigenvalue weighted by Gasteiger charge is 2.42. The summed E-state index contributed by atoms with van der Waals surface area (Å²) in [6.45, 7) is 0. The normalized spacial score (nSPS) is 29.6. The Morgan fingerprint density at radius 1 is 1.26 bits per heavy atom. The first kappa shape index (κ1) is 12.9. The summed E-state index contributed by atoms with van der Waals surface area (Å²) >= 11 is 5.79. The number of rotatable bonds is 1. The minimum atomic E-state index is -0.500. The number of halogens is 2. The number of piperidine rings is 1. The summed E-state index contributed by atoms with van der Waals surface area (Å²) in [5.41, 5.74) is 0.290. The van der Waals surface area contributed by atoms with Crippen molar-refractivity contribution in [1.82, 2.24) is 4.90 Å². The molecule has 2 heterocycles. The average molecular weight is 284 g/mol. The molecule has 2 unspecified atom stereocenters. The van der Waals surface area contributed by atoms with Crippen molar-refractivity contribution in [3.63, 3.8) is 0 Å². The minimum Gasteiger partial charge on any atom is -0.393 e. The van der Waals surface area contributed by atoms with E-state index < -0.39 is 5.82 Å². The topological polar surface area (TPSA) is 40.5 Å². The molecule has 0 radical (unpaired) electrons. The molecule has 19 heavy (non-hydrogen) atoms. The predicted molar refractivity (Wildman–Crippen MR) is 69.6 cm³/mol. The third-order valence-corrected chi connectivity index (χ3v) is 4.27. The first-order chi connectivity index (χ1) is 9.04. The van der Waals surface area contributed by atoms with Crippen LogP contribution in [-0.4, -0.2) is 34.1 Å². The van der Waals surface area contributed by atoms with Gasteiger partial charge in [0.05, 0.1) is 6.10 Å². The zero-order valence-corrected chi connectivity index (χ0v) is 11.1. The molecule has 5 heteroatoms. The molecule has 1 aromatic rings. The van der Waals surface area contributed by atoms with Crippen molar-refractivity contribution in [2.45, 2.75) is 43.9 Å². The summed E-state index contributed by atoms with van der Waals surface area (Å²) in [6.07, 6.45) is 2.74.